The molecule has 0 unspecified atom stereocenters. The molecule has 0 fully saturated rings. The second-order valence-corrected chi connectivity index (χ2v) is 4.08. The highest BCUT2D eigenvalue weighted by Gasteiger charge is 2.23. The fourth-order valence-electron chi connectivity index (χ4n) is 1.96. The van der Waals surface area contributed by atoms with Crippen LogP contribution >= 0.6 is 0 Å². The van der Waals surface area contributed by atoms with Crippen molar-refractivity contribution in [2.24, 2.45) is 17.8 Å². The fraction of sp³-hybridized carbons (Fsp3) is 0.727. The molecule has 0 aliphatic heterocycles. The standard InChI is InChI=1S/C11H18O/c1-8-6-10(3)11(4-5-12)7-9(8)2/h5-6,8-9,11H,4,7H2,1-3H3/t8-,9-,11-/m1/s1. The molecule has 0 heterocycles. The van der Waals surface area contributed by atoms with Crippen molar-refractivity contribution in [3.8, 4) is 0 Å². The highest BCUT2D eigenvalue weighted by Crippen LogP contribution is 2.33. The minimum absolute atomic E-state index is 0.522. The smallest absolute Gasteiger partial charge is 0.120 e. The second-order valence-electron chi connectivity index (χ2n) is 4.08. The predicted molar refractivity (Wildman–Crippen MR) is 50.9 cm³/mol. The van der Waals surface area contributed by atoms with Crippen LogP contribution in [0.1, 0.15) is 33.6 Å². The SMILES string of the molecule is CC1=C[C@@H](C)[C@H](C)C[C@H]1CC=O. The third-order valence-electron chi connectivity index (χ3n) is 3.10. The van der Waals surface area contributed by atoms with Crippen molar-refractivity contribution in [3.05, 3.63) is 11.6 Å². The van der Waals surface area contributed by atoms with Crippen molar-refractivity contribution in [2.45, 2.75) is 33.6 Å². The zero-order valence-corrected chi connectivity index (χ0v) is 8.21. The first-order chi connectivity index (χ1) is 5.65. The van der Waals surface area contributed by atoms with Crippen molar-refractivity contribution < 1.29 is 4.79 Å². The number of rotatable bonds is 2. The molecular formula is C11H18O. The molecule has 68 valence electrons. The third kappa shape index (κ3) is 1.96. The van der Waals surface area contributed by atoms with Crippen molar-refractivity contribution in [1.82, 2.24) is 0 Å². The third-order valence-corrected chi connectivity index (χ3v) is 3.10. The van der Waals surface area contributed by atoms with E-state index in [4.69, 9.17) is 0 Å². The van der Waals surface area contributed by atoms with Gasteiger partial charge in [0.15, 0.2) is 0 Å². The summed E-state index contributed by atoms with van der Waals surface area (Å²) in [6.07, 6.45) is 5.26. The Hall–Kier alpha value is -0.590. The zero-order chi connectivity index (χ0) is 9.14. The maximum absolute atomic E-state index is 10.4. The maximum Gasteiger partial charge on any atom is 0.120 e. The lowest BCUT2D eigenvalue weighted by atomic mass is 9.76. The van der Waals surface area contributed by atoms with Crippen molar-refractivity contribution in [2.75, 3.05) is 0 Å². The van der Waals surface area contributed by atoms with Gasteiger partial charge < -0.3 is 4.79 Å². The van der Waals surface area contributed by atoms with Gasteiger partial charge in [-0.2, -0.15) is 0 Å². The van der Waals surface area contributed by atoms with Gasteiger partial charge in [0.05, 0.1) is 0 Å². The van der Waals surface area contributed by atoms with Crippen LogP contribution in [0.4, 0.5) is 0 Å². The lowest BCUT2D eigenvalue weighted by molar-refractivity contribution is -0.108. The lowest BCUT2D eigenvalue weighted by Crippen LogP contribution is -2.19. The Morgan fingerprint density at radius 1 is 1.58 bits per heavy atom. The highest BCUT2D eigenvalue weighted by molar-refractivity contribution is 5.50. The molecule has 0 saturated carbocycles. The van der Waals surface area contributed by atoms with Gasteiger partial charge in [-0.1, -0.05) is 25.5 Å². The Morgan fingerprint density at radius 3 is 2.83 bits per heavy atom. The highest BCUT2D eigenvalue weighted by atomic mass is 16.1. The molecule has 0 radical (unpaired) electrons. The molecule has 12 heavy (non-hydrogen) atoms. The second kappa shape index (κ2) is 3.88. The Labute approximate surface area is 74.9 Å². The maximum atomic E-state index is 10.4. The average molecular weight is 166 g/mol. The summed E-state index contributed by atoms with van der Waals surface area (Å²) in [5.41, 5.74) is 1.41. The van der Waals surface area contributed by atoms with E-state index in [-0.39, 0.29) is 0 Å². The van der Waals surface area contributed by atoms with E-state index < -0.39 is 0 Å². The molecule has 1 heteroatoms. The Bertz CT molecular complexity index is 193. The van der Waals surface area contributed by atoms with Gasteiger partial charge in [-0.05, 0) is 31.1 Å². The molecule has 0 N–H and O–H groups in total. The molecular weight excluding hydrogens is 148 g/mol. The van der Waals surface area contributed by atoms with Gasteiger partial charge in [0.1, 0.15) is 6.29 Å². The minimum Gasteiger partial charge on any atom is -0.303 e. The number of hydrogen-bond acceptors (Lipinski definition) is 1. The van der Waals surface area contributed by atoms with Gasteiger partial charge in [0.25, 0.3) is 0 Å². The van der Waals surface area contributed by atoms with E-state index in [0.717, 1.165) is 12.2 Å². The summed E-state index contributed by atoms with van der Waals surface area (Å²) in [5.74, 6) is 1.94. The lowest BCUT2D eigenvalue weighted by Gasteiger charge is -2.29. The van der Waals surface area contributed by atoms with Crippen LogP contribution in [0.3, 0.4) is 0 Å². The van der Waals surface area contributed by atoms with Crippen molar-refractivity contribution >= 4 is 6.29 Å². The Kier molecular flexibility index (Phi) is 3.07. The number of allylic oxidation sites excluding steroid dienone is 2. The van der Waals surface area contributed by atoms with Crippen LogP contribution in [0.2, 0.25) is 0 Å². The van der Waals surface area contributed by atoms with E-state index in [1.54, 1.807) is 0 Å². The minimum atomic E-state index is 0.522. The molecule has 3 atom stereocenters. The monoisotopic (exact) mass is 166 g/mol. The van der Waals surface area contributed by atoms with Crippen molar-refractivity contribution in [1.29, 1.82) is 0 Å². The first kappa shape index (κ1) is 9.50. The van der Waals surface area contributed by atoms with Gasteiger partial charge in [0, 0.05) is 6.42 Å². The van der Waals surface area contributed by atoms with E-state index in [0.29, 0.717) is 18.3 Å². The van der Waals surface area contributed by atoms with Crippen LogP contribution in [0, 0.1) is 17.8 Å². The summed E-state index contributed by atoms with van der Waals surface area (Å²) in [6.45, 7) is 6.67. The summed E-state index contributed by atoms with van der Waals surface area (Å²) in [5, 5.41) is 0. The molecule has 1 aliphatic rings. The molecule has 0 aromatic carbocycles. The molecule has 1 aliphatic carbocycles. The van der Waals surface area contributed by atoms with Gasteiger partial charge in [-0.3, -0.25) is 0 Å². The topological polar surface area (TPSA) is 17.1 Å². The zero-order valence-electron chi connectivity index (χ0n) is 8.21. The average Bonchev–Trinajstić information content (AvgIpc) is 2.01. The quantitative estimate of drug-likeness (QED) is 0.455. The van der Waals surface area contributed by atoms with E-state index in [2.05, 4.69) is 26.8 Å². The van der Waals surface area contributed by atoms with Gasteiger partial charge in [-0.15, -0.1) is 0 Å². The van der Waals surface area contributed by atoms with E-state index >= 15 is 0 Å². The number of carbonyl (C=O) groups excluding carboxylic acids is 1. The van der Waals surface area contributed by atoms with Crippen LogP contribution in [-0.2, 0) is 4.79 Å². The molecule has 0 bridgehead atoms. The van der Waals surface area contributed by atoms with Crippen LogP contribution in [0.15, 0.2) is 11.6 Å². The van der Waals surface area contributed by atoms with Crippen LogP contribution < -0.4 is 0 Å². The molecule has 0 saturated heterocycles. The molecule has 0 amide bonds. The molecule has 0 spiro atoms. The molecule has 0 aromatic rings. The normalized spacial score (nSPS) is 35.9. The molecule has 1 rings (SSSR count). The van der Waals surface area contributed by atoms with Gasteiger partial charge in [-0.25, -0.2) is 0 Å². The molecule has 1 nitrogen and oxygen atoms in total. The number of carbonyl (C=O) groups is 1. The summed E-state index contributed by atoms with van der Waals surface area (Å²) < 4.78 is 0. The number of aldehydes is 1. The first-order valence-corrected chi connectivity index (χ1v) is 4.77. The van der Waals surface area contributed by atoms with E-state index in [9.17, 15) is 4.79 Å². The molecule has 0 aromatic heterocycles. The van der Waals surface area contributed by atoms with E-state index in [1.807, 2.05) is 0 Å². The van der Waals surface area contributed by atoms with Gasteiger partial charge in [0.2, 0.25) is 0 Å². The van der Waals surface area contributed by atoms with Crippen LogP contribution in [-0.4, -0.2) is 6.29 Å². The number of hydrogen-bond donors (Lipinski definition) is 0. The van der Waals surface area contributed by atoms with Crippen LogP contribution in [0.25, 0.3) is 0 Å². The first-order valence-electron chi connectivity index (χ1n) is 4.77. The van der Waals surface area contributed by atoms with Gasteiger partial charge >= 0.3 is 0 Å². The summed E-state index contributed by atoms with van der Waals surface area (Å²) in [6, 6.07) is 0. The largest absolute Gasteiger partial charge is 0.303 e. The van der Waals surface area contributed by atoms with Crippen molar-refractivity contribution in [3.63, 3.8) is 0 Å². The Balaban J connectivity index is 2.67. The Morgan fingerprint density at radius 2 is 2.25 bits per heavy atom. The summed E-state index contributed by atoms with van der Waals surface area (Å²) in [4.78, 5) is 10.4. The summed E-state index contributed by atoms with van der Waals surface area (Å²) >= 11 is 0. The van der Waals surface area contributed by atoms with E-state index in [1.165, 1.54) is 12.0 Å². The fourth-order valence-corrected chi connectivity index (χ4v) is 1.96. The van der Waals surface area contributed by atoms with Crippen LogP contribution in [0.5, 0.6) is 0 Å². The summed E-state index contributed by atoms with van der Waals surface area (Å²) in [7, 11) is 0. The predicted octanol–water partition coefficient (Wildman–Crippen LogP) is 2.81.